The van der Waals surface area contributed by atoms with E-state index in [0.717, 1.165) is 5.56 Å². The van der Waals surface area contributed by atoms with Gasteiger partial charge in [0.25, 0.3) is 0 Å². The molecule has 6 nitrogen and oxygen atoms in total. The number of amides is 2. The first-order chi connectivity index (χ1) is 9.88. The van der Waals surface area contributed by atoms with Crippen molar-refractivity contribution < 1.29 is 19.1 Å². The van der Waals surface area contributed by atoms with Gasteiger partial charge in [0.15, 0.2) is 11.5 Å². The molecule has 112 valence electrons. The molecule has 2 aliphatic heterocycles. The van der Waals surface area contributed by atoms with Crippen LogP contribution in [0, 0.1) is 0 Å². The van der Waals surface area contributed by atoms with Crippen LogP contribution in [0.3, 0.4) is 0 Å². The van der Waals surface area contributed by atoms with Gasteiger partial charge in [-0.05, 0) is 38.5 Å². The number of piperazine rings is 1. The summed E-state index contributed by atoms with van der Waals surface area (Å²) in [4.78, 5) is 26.1. The molecular formula is C15H18N2O4. The van der Waals surface area contributed by atoms with E-state index < -0.39 is 11.6 Å². The first-order valence-corrected chi connectivity index (χ1v) is 6.90. The zero-order valence-corrected chi connectivity index (χ0v) is 12.3. The van der Waals surface area contributed by atoms with Gasteiger partial charge in [-0.15, -0.1) is 0 Å². The van der Waals surface area contributed by atoms with E-state index in [2.05, 4.69) is 5.32 Å². The Morgan fingerprint density at radius 1 is 1.29 bits per heavy atom. The monoisotopic (exact) mass is 290 g/mol. The third kappa shape index (κ3) is 2.30. The Morgan fingerprint density at radius 3 is 2.76 bits per heavy atom. The Labute approximate surface area is 123 Å². The molecule has 2 heterocycles. The summed E-state index contributed by atoms with van der Waals surface area (Å²) in [5.74, 6) is 1.15. The van der Waals surface area contributed by atoms with Crippen LogP contribution in [-0.2, 0) is 16.1 Å². The number of nitrogens with one attached hydrogen (secondary N) is 1. The molecule has 0 spiro atoms. The van der Waals surface area contributed by atoms with Crippen LogP contribution in [0.4, 0.5) is 0 Å². The predicted octanol–water partition coefficient (Wildman–Crippen LogP) is 1.04. The van der Waals surface area contributed by atoms with E-state index in [4.69, 9.17) is 9.47 Å². The molecule has 0 bridgehead atoms. The Balaban J connectivity index is 1.85. The summed E-state index contributed by atoms with van der Waals surface area (Å²) in [7, 11) is 0. The van der Waals surface area contributed by atoms with Gasteiger partial charge >= 0.3 is 0 Å². The van der Waals surface area contributed by atoms with Crippen molar-refractivity contribution in [3.63, 3.8) is 0 Å². The van der Waals surface area contributed by atoms with Gasteiger partial charge in [0, 0.05) is 6.54 Å². The molecule has 1 aromatic rings. The minimum absolute atomic E-state index is 0.0905. The first kappa shape index (κ1) is 13.7. The van der Waals surface area contributed by atoms with Crippen LogP contribution in [0.2, 0.25) is 0 Å². The van der Waals surface area contributed by atoms with Gasteiger partial charge in [-0.2, -0.15) is 0 Å². The molecule has 1 fully saturated rings. The summed E-state index contributed by atoms with van der Waals surface area (Å²) in [6, 6.07) is 5.06. The Bertz CT molecular complexity index is 612. The van der Waals surface area contributed by atoms with E-state index >= 15 is 0 Å². The van der Waals surface area contributed by atoms with Crippen molar-refractivity contribution in [2.75, 3.05) is 6.79 Å². The summed E-state index contributed by atoms with van der Waals surface area (Å²) in [5.41, 5.74) is 0.0323. The highest BCUT2D eigenvalue weighted by Crippen LogP contribution is 2.33. The third-order valence-electron chi connectivity index (χ3n) is 3.87. The van der Waals surface area contributed by atoms with Crippen molar-refractivity contribution in [1.29, 1.82) is 0 Å². The maximum atomic E-state index is 12.5. The van der Waals surface area contributed by atoms with Crippen molar-refractivity contribution in [3.8, 4) is 11.5 Å². The lowest BCUT2D eigenvalue weighted by Crippen LogP contribution is -2.66. The average Bonchev–Trinajstić information content (AvgIpc) is 2.88. The van der Waals surface area contributed by atoms with Crippen LogP contribution in [-0.4, -0.2) is 35.1 Å². The van der Waals surface area contributed by atoms with Gasteiger partial charge < -0.3 is 19.7 Å². The Kier molecular flexibility index (Phi) is 3.04. The fraction of sp³-hybridized carbons (Fsp3) is 0.467. The fourth-order valence-electron chi connectivity index (χ4n) is 2.59. The average molecular weight is 290 g/mol. The molecule has 0 aliphatic carbocycles. The molecule has 1 aromatic carbocycles. The maximum absolute atomic E-state index is 12.5. The van der Waals surface area contributed by atoms with Gasteiger partial charge in [-0.3, -0.25) is 9.59 Å². The number of hydrogen-bond acceptors (Lipinski definition) is 4. The number of fused-ring (bicyclic) bond motifs is 1. The van der Waals surface area contributed by atoms with E-state index in [1.165, 1.54) is 0 Å². The number of ether oxygens (including phenoxy) is 2. The SMILES string of the molecule is CC1C(=O)NC(C)(C)C(=O)N1Cc1ccc2c(c1)OCO2. The van der Waals surface area contributed by atoms with Gasteiger partial charge in [0.1, 0.15) is 11.6 Å². The summed E-state index contributed by atoms with van der Waals surface area (Å²) in [6.45, 7) is 5.74. The first-order valence-electron chi connectivity index (χ1n) is 6.90. The summed E-state index contributed by atoms with van der Waals surface area (Å²) >= 11 is 0. The van der Waals surface area contributed by atoms with Crippen molar-refractivity contribution in [3.05, 3.63) is 23.8 Å². The van der Waals surface area contributed by atoms with Crippen LogP contribution >= 0.6 is 0 Å². The zero-order valence-electron chi connectivity index (χ0n) is 12.3. The summed E-state index contributed by atoms with van der Waals surface area (Å²) < 4.78 is 10.6. The molecule has 1 saturated heterocycles. The lowest BCUT2D eigenvalue weighted by Gasteiger charge is -2.41. The molecule has 0 aromatic heterocycles. The molecule has 2 amide bonds. The number of rotatable bonds is 2. The van der Waals surface area contributed by atoms with E-state index in [1.54, 1.807) is 25.7 Å². The Hall–Kier alpha value is -2.24. The predicted molar refractivity (Wildman–Crippen MR) is 74.8 cm³/mol. The molecule has 0 radical (unpaired) electrons. The highest BCUT2D eigenvalue weighted by atomic mass is 16.7. The quantitative estimate of drug-likeness (QED) is 0.883. The van der Waals surface area contributed by atoms with Crippen LogP contribution < -0.4 is 14.8 Å². The lowest BCUT2D eigenvalue weighted by molar-refractivity contribution is -0.153. The summed E-state index contributed by atoms with van der Waals surface area (Å²) in [5, 5.41) is 2.74. The third-order valence-corrected chi connectivity index (χ3v) is 3.87. The highest BCUT2D eigenvalue weighted by Gasteiger charge is 2.43. The maximum Gasteiger partial charge on any atom is 0.248 e. The second-order valence-electron chi connectivity index (χ2n) is 5.91. The second-order valence-corrected chi connectivity index (χ2v) is 5.91. The van der Waals surface area contributed by atoms with Crippen molar-refractivity contribution in [1.82, 2.24) is 10.2 Å². The lowest BCUT2D eigenvalue weighted by atomic mass is 9.96. The normalized spacial score (nSPS) is 23.2. The highest BCUT2D eigenvalue weighted by molar-refractivity contribution is 5.99. The van der Waals surface area contributed by atoms with Crippen LogP contribution in [0.15, 0.2) is 18.2 Å². The molecule has 21 heavy (non-hydrogen) atoms. The molecule has 6 heteroatoms. The zero-order chi connectivity index (χ0) is 15.2. The molecule has 2 aliphatic rings. The number of hydrogen-bond donors (Lipinski definition) is 1. The van der Waals surface area contributed by atoms with Gasteiger partial charge in [0.05, 0.1) is 0 Å². The second kappa shape index (κ2) is 4.65. The van der Waals surface area contributed by atoms with Crippen molar-refractivity contribution >= 4 is 11.8 Å². The number of benzene rings is 1. The van der Waals surface area contributed by atoms with Gasteiger partial charge in [0.2, 0.25) is 18.6 Å². The van der Waals surface area contributed by atoms with Crippen molar-refractivity contribution in [2.45, 2.75) is 38.9 Å². The van der Waals surface area contributed by atoms with Crippen molar-refractivity contribution in [2.24, 2.45) is 0 Å². The van der Waals surface area contributed by atoms with Crippen LogP contribution in [0.25, 0.3) is 0 Å². The van der Waals surface area contributed by atoms with Crippen LogP contribution in [0.1, 0.15) is 26.3 Å². The molecule has 1 N–H and O–H groups in total. The fourth-order valence-corrected chi connectivity index (χ4v) is 2.59. The smallest absolute Gasteiger partial charge is 0.248 e. The van der Waals surface area contributed by atoms with E-state index in [9.17, 15) is 9.59 Å². The van der Waals surface area contributed by atoms with E-state index in [1.807, 2.05) is 18.2 Å². The molecular weight excluding hydrogens is 272 g/mol. The molecule has 0 saturated carbocycles. The standard InChI is InChI=1S/C15H18N2O4/c1-9-13(18)16-15(2,3)14(19)17(9)7-10-4-5-11-12(6-10)21-8-20-11/h4-6,9H,7-8H2,1-3H3,(H,16,18). The molecule has 1 unspecified atom stereocenters. The number of carbonyl (C=O) groups is 2. The topological polar surface area (TPSA) is 67.9 Å². The van der Waals surface area contributed by atoms with Crippen LogP contribution in [0.5, 0.6) is 11.5 Å². The minimum atomic E-state index is -0.875. The summed E-state index contributed by atoms with van der Waals surface area (Å²) in [6.07, 6.45) is 0. The molecule has 3 rings (SSSR count). The van der Waals surface area contributed by atoms with E-state index in [0.29, 0.717) is 18.0 Å². The molecule has 1 atom stereocenters. The van der Waals surface area contributed by atoms with Gasteiger partial charge in [-0.1, -0.05) is 6.07 Å². The van der Waals surface area contributed by atoms with Gasteiger partial charge in [-0.25, -0.2) is 0 Å². The minimum Gasteiger partial charge on any atom is -0.454 e. The largest absolute Gasteiger partial charge is 0.454 e. The number of carbonyl (C=O) groups excluding carboxylic acids is 2. The number of nitrogens with zero attached hydrogens (tertiary/aromatic N) is 1. The van der Waals surface area contributed by atoms with E-state index in [-0.39, 0.29) is 18.6 Å². The Morgan fingerprint density at radius 2 is 2.00 bits per heavy atom.